The minimum absolute atomic E-state index is 0.0998. The molecule has 0 saturated carbocycles. The van der Waals surface area contributed by atoms with E-state index in [2.05, 4.69) is 28.9 Å². The molecule has 0 bridgehead atoms. The van der Waals surface area contributed by atoms with E-state index in [0.29, 0.717) is 0 Å². The van der Waals surface area contributed by atoms with Gasteiger partial charge in [-0.05, 0) is 25.9 Å². The number of aromatic nitrogens is 1. The van der Waals surface area contributed by atoms with Gasteiger partial charge in [0.15, 0.2) is 10.9 Å². The summed E-state index contributed by atoms with van der Waals surface area (Å²) in [5, 5.41) is 0.949. The predicted octanol–water partition coefficient (Wildman–Crippen LogP) is 1.73. The van der Waals surface area contributed by atoms with Crippen LogP contribution in [-0.2, 0) is 0 Å². The van der Waals surface area contributed by atoms with E-state index in [0.717, 1.165) is 29.0 Å². The Morgan fingerprint density at radius 1 is 1.71 bits per heavy atom. The molecular formula is C12H19N3OS. The molecule has 1 fully saturated rings. The normalized spacial score (nSPS) is 20.8. The van der Waals surface area contributed by atoms with Crippen LogP contribution in [0.1, 0.15) is 23.0 Å². The van der Waals surface area contributed by atoms with E-state index in [4.69, 9.17) is 0 Å². The Balaban J connectivity index is 1.94. The number of hydrogen-bond donors (Lipinski definition) is 0. The van der Waals surface area contributed by atoms with Gasteiger partial charge in [-0.25, -0.2) is 4.98 Å². The van der Waals surface area contributed by atoms with E-state index in [1.807, 2.05) is 0 Å². The number of ketones is 1. The number of thiazole rings is 1. The van der Waals surface area contributed by atoms with Crippen molar-refractivity contribution in [3.05, 3.63) is 11.1 Å². The highest BCUT2D eigenvalue weighted by atomic mass is 32.1. The van der Waals surface area contributed by atoms with Gasteiger partial charge in [0.1, 0.15) is 0 Å². The number of Topliss-reactive ketones (excluding diaryl/α,β-unsaturated/α-hetero) is 1. The molecule has 1 aliphatic heterocycles. The number of anilines is 1. The van der Waals surface area contributed by atoms with E-state index in [-0.39, 0.29) is 5.78 Å². The van der Waals surface area contributed by atoms with Crippen LogP contribution in [0.15, 0.2) is 6.20 Å². The van der Waals surface area contributed by atoms with Crippen molar-refractivity contribution in [1.82, 2.24) is 9.88 Å². The third-order valence-corrected chi connectivity index (χ3v) is 4.40. The molecule has 0 N–H and O–H groups in total. The first-order chi connectivity index (χ1) is 8.06. The van der Waals surface area contributed by atoms with Crippen LogP contribution in [0, 0.1) is 5.92 Å². The molecule has 0 radical (unpaired) electrons. The summed E-state index contributed by atoms with van der Waals surface area (Å²) in [6, 6.07) is 0. The molecule has 0 aliphatic carbocycles. The molecule has 1 atom stereocenters. The first kappa shape index (κ1) is 12.5. The largest absolute Gasteiger partial charge is 0.351 e. The van der Waals surface area contributed by atoms with Crippen LogP contribution in [0.3, 0.4) is 0 Å². The van der Waals surface area contributed by atoms with Crippen molar-refractivity contribution in [2.24, 2.45) is 5.92 Å². The summed E-state index contributed by atoms with van der Waals surface area (Å²) >= 11 is 1.48. The summed E-state index contributed by atoms with van der Waals surface area (Å²) in [5.41, 5.74) is 0. The summed E-state index contributed by atoms with van der Waals surface area (Å²) in [5.74, 6) is 0.817. The lowest BCUT2D eigenvalue weighted by Gasteiger charge is -2.20. The highest BCUT2D eigenvalue weighted by Gasteiger charge is 2.21. The first-order valence-corrected chi connectivity index (χ1v) is 6.74. The fraction of sp³-hybridized carbons (Fsp3) is 0.667. The quantitative estimate of drug-likeness (QED) is 0.766. The number of carbonyl (C=O) groups excluding carboxylic acids is 1. The summed E-state index contributed by atoms with van der Waals surface area (Å²) in [6.07, 6.45) is 2.94. The van der Waals surface area contributed by atoms with Gasteiger partial charge in [-0.15, -0.1) is 0 Å². The highest BCUT2D eigenvalue weighted by molar-refractivity contribution is 7.17. The molecule has 4 nitrogen and oxygen atoms in total. The maximum atomic E-state index is 11.2. The van der Waals surface area contributed by atoms with Gasteiger partial charge in [-0.2, -0.15) is 0 Å². The Morgan fingerprint density at radius 2 is 2.47 bits per heavy atom. The number of nitrogens with zero attached hydrogens (tertiary/aromatic N) is 3. The molecule has 5 heteroatoms. The molecule has 2 rings (SSSR count). The second-order valence-electron chi connectivity index (χ2n) is 4.86. The van der Waals surface area contributed by atoms with Crippen molar-refractivity contribution in [1.29, 1.82) is 0 Å². The van der Waals surface area contributed by atoms with Gasteiger partial charge in [0, 0.05) is 27.1 Å². The van der Waals surface area contributed by atoms with Crippen LogP contribution < -0.4 is 4.90 Å². The smallest absolute Gasteiger partial charge is 0.185 e. The molecule has 94 valence electrons. The number of carbonyl (C=O) groups is 1. The fourth-order valence-corrected chi connectivity index (χ4v) is 3.03. The Hall–Kier alpha value is -0.940. The van der Waals surface area contributed by atoms with Gasteiger partial charge in [-0.3, -0.25) is 4.79 Å². The van der Waals surface area contributed by atoms with E-state index in [1.54, 1.807) is 13.1 Å². The summed E-state index contributed by atoms with van der Waals surface area (Å²) < 4.78 is 0. The number of hydrogen-bond acceptors (Lipinski definition) is 5. The maximum Gasteiger partial charge on any atom is 0.185 e. The van der Waals surface area contributed by atoms with Gasteiger partial charge in [-0.1, -0.05) is 11.3 Å². The fourth-order valence-electron chi connectivity index (χ4n) is 2.24. The minimum atomic E-state index is 0.0998. The third kappa shape index (κ3) is 3.04. The van der Waals surface area contributed by atoms with Crippen LogP contribution >= 0.6 is 11.3 Å². The standard InChI is InChI=1S/C12H19N3OS/c1-9(16)11-6-13-12(17-11)15(3)8-10-4-5-14(2)7-10/h6,10H,4-5,7-8H2,1-3H3. The molecule has 1 unspecified atom stereocenters. The van der Waals surface area contributed by atoms with Crippen molar-refractivity contribution in [2.45, 2.75) is 13.3 Å². The molecule has 1 aromatic heterocycles. The van der Waals surface area contributed by atoms with Gasteiger partial charge in [0.2, 0.25) is 0 Å². The lowest BCUT2D eigenvalue weighted by atomic mass is 10.1. The Morgan fingerprint density at radius 3 is 3.00 bits per heavy atom. The monoisotopic (exact) mass is 253 g/mol. The molecule has 0 spiro atoms. The van der Waals surface area contributed by atoms with E-state index in [9.17, 15) is 4.79 Å². The lowest BCUT2D eigenvalue weighted by molar-refractivity contribution is 0.102. The molecule has 1 aromatic rings. The van der Waals surface area contributed by atoms with Crippen molar-refractivity contribution in [3.63, 3.8) is 0 Å². The SMILES string of the molecule is CC(=O)c1cnc(N(C)CC2CCN(C)C2)s1. The second kappa shape index (κ2) is 5.14. The molecular weight excluding hydrogens is 234 g/mol. The van der Waals surface area contributed by atoms with E-state index < -0.39 is 0 Å². The van der Waals surface area contributed by atoms with Crippen LogP contribution in [0.2, 0.25) is 0 Å². The maximum absolute atomic E-state index is 11.2. The molecule has 17 heavy (non-hydrogen) atoms. The van der Waals surface area contributed by atoms with Gasteiger partial charge < -0.3 is 9.80 Å². The van der Waals surface area contributed by atoms with Crippen molar-refractivity contribution >= 4 is 22.3 Å². The van der Waals surface area contributed by atoms with Gasteiger partial charge in [0.05, 0.1) is 11.1 Å². The van der Waals surface area contributed by atoms with Gasteiger partial charge >= 0.3 is 0 Å². The second-order valence-corrected chi connectivity index (χ2v) is 5.87. The summed E-state index contributed by atoms with van der Waals surface area (Å²) in [4.78, 5) is 20.8. The summed E-state index contributed by atoms with van der Waals surface area (Å²) in [7, 11) is 4.22. The lowest BCUT2D eigenvalue weighted by Crippen LogP contribution is -2.27. The van der Waals surface area contributed by atoms with Crippen molar-refractivity contribution < 1.29 is 4.79 Å². The average molecular weight is 253 g/mol. The van der Waals surface area contributed by atoms with Crippen LogP contribution in [0.25, 0.3) is 0 Å². The summed E-state index contributed by atoms with van der Waals surface area (Å²) in [6.45, 7) is 4.96. The Labute approximate surface area is 106 Å². The number of likely N-dealkylation sites (tertiary alicyclic amines) is 1. The molecule has 1 aliphatic rings. The van der Waals surface area contributed by atoms with Gasteiger partial charge in [0.25, 0.3) is 0 Å². The topological polar surface area (TPSA) is 36.4 Å². The van der Waals surface area contributed by atoms with E-state index >= 15 is 0 Å². The Bertz CT molecular complexity index is 404. The van der Waals surface area contributed by atoms with Crippen LogP contribution in [0.5, 0.6) is 0 Å². The number of rotatable bonds is 4. The first-order valence-electron chi connectivity index (χ1n) is 5.92. The molecule has 1 saturated heterocycles. The predicted molar refractivity (Wildman–Crippen MR) is 71.0 cm³/mol. The third-order valence-electron chi connectivity index (χ3n) is 3.19. The highest BCUT2D eigenvalue weighted by Crippen LogP contribution is 2.24. The van der Waals surface area contributed by atoms with Crippen molar-refractivity contribution in [3.8, 4) is 0 Å². The van der Waals surface area contributed by atoms with Crippen LogP contribution in [-0.4, -0.2) is 49.4 Å². The zero-order chi connectivity index (χ0) is 12.4. The minimum Gasteiger partial charge on any atom is -0.351 e. The average Bonchev–Trinajstić information content (AvgIpc) is 2.86. The molecule has 2 heterocycles. The zero-order valence-corrected chi connectivity index (χ0v) is 11.5. The zero-order valence-electron chi connectivity index (χ0n) is 10.6. The van der Waals surface area contributed by atoms with Crippen LogP contribution in [0.4, 0.5) is 5.13 Å². The van der Waals surface area contributed by atoms with E-state index in [1.165, 1.54) is 24.3 Å². The molecule has 0 aromatic carbocycles. The Kier molecular flexibility index (Phi) is 3.79. The van der Waals surface area contributed by atoms with Crippen molar-refractivity contribution in [2.75, 3.05) is 38.6 Å². The molecule has 0 amide bonds.